The summed E-state index contributed by atoms with van der Waals surface area (Å²) in [6, 6.07) is 10.1. The van der Waals surface area contributed by atoms with Crippen molar-refractivity contribution in [2.45, 2.75) is 25.0 Å². The Morgan fingerprint density at radius 1 is 1.39 bits per heavy atom. The fourth-order valence-corrected chi connectivity index (χ4v) is 2.19. The van der Waals surface area contributed by atoms with Crippen LogP contribution in [0.4, 0.5) is 0 Å². The Morgan fingerprint density at radius 2 is 2.06 bits per heavy atom. The highest BCUT2D eigenvalue weighted by Gasteiger charge is 2.39. The lowest BCUT2D eigenvalue weighted by Crippen LogP contribution is -2.53. The van der Waals surface area contributed by atoms with Crippen LogP contribution in [-0.2, 0) is 4.79 Å². The van der Waals surface area contributed by atoms with E-state index in [1.54, 1.807) is 6.92 Å². The first-order valence-corrected chi connectivity index (χ1v) is 6.18. The normalized spacial score (nSPS) is 29.9. The van der Waals surface area contributed by atoms with Crippen LogP contribution in [0.2, 0.25) is 0 Å². The second-order valence-electron chi connectivity index (χ2n) is 5.15. The zero-order valence-corrected chi connectivity index (χ0v) is 10.8. The van der Waals surface area contributed by atoms with Gasteiger partial charge in [-0.1, -0.05) is 42.5 Å². The van der Waals surface area contributed by atoms with E-state index in [4.69, 9.17) is 0 Å². The highest BCUT2D eigenvalue weighted by Crippen LogP contribution is 2.24. The highest BCUT2D eigenvalue weighted by molar-refractivity contribution is 5.89. The maximum Gasteiger partial charge on any atom is 0.178 e. The van der Waals surface area contributed by atoms with Crippen molar-refractivity contribution in [1.82, 2.24) is 4.90 Å². The van der Waals surface area contributed by atoms with Gasteiger partial charge in [-0.2, -0.15) is 0 Å². The quantitative estimate of drug-likeness (QED) is 0.862. The summed E-state index contributed by atoms with van der Waals surface area (Å²) in [5.41, 5.74) is -0.0690. The molecule has 0 bridgehead atoms. The van der Waals surface area contributed by atoms with E-state index in [0.29, 0.717) is 13.0 Å². The number of benzene rings is 1. The van der Waals surface area contributed by atoms with Crippen LogP contribution >= 0.6 is 0 Å². The second-order valence-corrected chi connectivity index (χ2v) is 5.15. The van der Waals surface area contributed by atoms with Crippen molar-refractivity contribution in [2.75, 3.05) is 13.6 Å². The number of piperidine rings is 1. The minimum absolute atomic E-state index is 0.0953. The van der Waals surface area contributed by atoms with Gasteiger partial charge < -0.3 is 5.11 Å². The number of rotatable bonds is 2. The molecule has 1 aromatic rings. The van der Waals surface area contributed by atoms with E-state index in [1.165, 1.54) is 0 Å². The van der Waals surface area contributed by atoms with Crippen molar-refractivity contribution < 1.29 is 9.90 Å². The molecule has 1 N–H and O–H groups in total. The molecule has 1 aliphatic heterocycles. The number of carbonyl (C=O) groups excluding carboxylic acids is 1. The van der Waals surface area contributed by atoms with E-state index >= 15 is 0 Å². The van der Waals surface area contributed by atoms with Crippen LogP contribution in [0.5, 0.6) is 0 Å². The average molecular weight is 245 g/mol. The topological polar surface area (TPSA) is 40.5 Å². The van der Waals surface area contributed by atoms with Crippen LogP contribution < -0.4 is 0 Å². The summed E-state index contributed by atoms with van der Waals surface area (Å²) < 4.78 is 0. The smallest absolute Gasteiger partial charge is 0.178 e. The summed E-state index contributed by atoms with van der Waals surface area (Å²) in [6.45, 7) is 1.91. The van der Waals surface area contributed by atoms with Crippen molar-refractivity contribution in [3.63, 3.8) is 0 Å². The first kappa shape index (κ1) is 13.0. The molecule has 3 heteroatoms. The molecule has 2 unspecified atom stereocenters. The van der Waals surface area contributed by atoms with E-state index in [1.807, 2.05) is 48.4 Å². The predicted octanol–water partition coefficient (Wildman–Crippen LogP) is 1.72. The summed E-state index contributed by atoms with van der Waals surface area (Å²) in [5.74, 6) is -0.102. The Kier molecular flexibility index (Phi) is 3.64. The lowest BCUT2D eigenvalue weighted by atomic mass is 9.87. The van der Waals surface area contributed by atoms with Gasteiger partial charge in [-0.05, 0) is 19.5 Å². The van der Waals surface area contributed by atoms with Crippen molar-refractivity contribution >= 4 is 11.9 Å². The number of nitrogens with zero attached hydrogens (tertiary/aromatic N) is 1. The monoisotopic (exact) mass is 245 g/mol. The lowest BCUT2D eigenvalue weighted by Gasteiger charge is -2.37. The molecule has 18 heavy (non-hydrogen) atoms. The number of hydrogen-bond acceptors (Lipinski definition) is 3. The average Bonchev–Trinajstić information content (AvgIpc) is 2.34. The van der Waals surface area contributed by atoms with Gasteiger partial charge in [0.25, 0.3) is 0 Å². The van der Waals surface area contributed by atoms with Crippen LogP contribution in [0.3, 0.4) is 0 Å². The van der Waals surface area contributed by atoms with Crippen molar-refractivity contribution in [2.24, 2.45) is 0 Å². The first-order chi connectivity index (χ1) is 8.49. The predicted molar refractivity (Wildman–Crippen MR) is 72.1 cm³/mol. The molecule has 2 atom stereocenters. The summed E-state index contributed by atoms with van der Waals surface area (Å²) in [5, 5.41) is 10.0. The van der Waals surface area contributed by atoms with Gasteiger partial charge in [0.15, 0.2) is 5.78 Å². The lowest BCUT2D eigenvalue weighted by molar-refractivity contribution is -0.143. The molecule has 1 aliphatic rings. The van der Waals surface area contributed by atoms with Crippen molar-refractivity contribution in [3.8, 4) is 0 Å². The molecule has 1 saturated heterocycles. The minimum Gasteiger partial charge on any atom is -0.382 e. The van der Waals surface area contributed by atoms with E-state index in [0.717, 1.165) is 5.56 Å². The highest BCUT2D eigenvalue weighted by atomic mass is 16.3. The van der Waals surface area contributed by atoms with Gasteiger partial charge >= 0.3 is 0 Å². The fourth-order valence-electron chi connectivity index (χ4n) is 2.19. The minimum atomic E-state index is -1.20. The molecule has 0 amide bonds. The largest absolute Gasteiger partial charge is 0.382 e. The van der Waals surface area contributed by atoms with Gasteiger partial charge in [-0.25, -0.2) is 0 Å². The molecule has 0 radical (unpaired) electrons. The fraction of sp³-hybridized carbons (Fsp3) is 0.400. The Morgan fingerprint density at radius 3 is 2.72 bits per heavy atom. The molecule has 1 fully saturated rings. The third-order valence-corrected chi connectivity index (χ3v) is 3.48. The Labute approximate surface area is 108 Å². The maximum absolute atomic E-state index is 11.6. The summed E-state index contributed by atoms with van der Waals surface area (Å²) in [7, 11) is 1.91. The van der Waals surface area contributed by atoms with Crippen LogP contribution in [0, 0.1) is 0 Å². The van der Waals surface area contributed by atoms with Gasteiger partial charge in [-0.15, -0.1) is 0 Å². The molecule has 0 aliphatic carbocycles. The van der Waals surface area contributed by atoms with Gasteiger partial charge in [-0.3, -0.25) is 9.69 Å². The second kappa shape index (κ2) is 5.04. The number of likely N-dealkylation sites (tertiary alicyclic amines) is 1. The van der Waals surface area contributed by atoms with Gasteiger partial charge in [0.1, 0.15) is 5.60 Å². The van der Waals surface area contributed by atoms with E-state index in [2.05, 4.69) is 6.08 Å². The molecule has 0 spiro atoms. The maximum atomic E-state index is 11.6. The molecule has 0 aromatic heterocycles. The summed E-state index contributed by atoms with van der Waals surface area (Å²) in [4.78, 5) is 13.6. The van der Waals surface area contributed by atoms with Crippen LogP contribution in [0.25, 0.3) is 6.08 Å². The van der Waals surface area contributed by atoms with E-state index in [-0.39, 0.29) is 11.8 Å². The number of aliphatic hydroxyl groups is 1. The number of ketones is 1. The summed E-state index contributed by atoms with van der Waals surface area (Å²) in [6.07, 6.45) is 4.54. The Bertz CT molecular complexity index is 451. The van der Waals surface area contributed by atoms with Crippen LogP contribution in [0.1, 0.15) is 18.9 Å². The molecular weight excluding hydrogens is 226 g/mol. The van der Waals surface area contributed by atoms with Crippen LogP contribution in [-0.4, -0.2) is 41.0 Å². The Hall–Kier alpha value is -1.45. The number of carbonyl (C=O) groups is 1. The zero-order chi connectivity index (χ0) is 13.2. The number of Topliss-reactive ketones (excluding diaryl/α,β-unsaturated/α-hetero) is 1. The SMILES string of the molecule is CN1CC(=O)C(C)(O)CC1/C=C/c1ccccc1. The molecule has 96 valence electrons. The molecular formula is C15H19NO2. The number of likely N-dealkylation sites (N-methyl/N-ethyl adjacent to an activating group) is 1. The molecule has 3 nitrogen and oxygen atoms in total. The molecule has 0 saturated carbocycles. The molecule has 1 heterocycles. The molecule has 1 aromatic carbocycles. The van der Waals surface area contributed by atoms with Crippen molar-refractivity contribution in [3.05, 3.63) is 42.0 Å². The number of hydrogen-bond donors (Lipinski definition) is 1. The third kappa shape index (κ3) is 2.86. The van der Waals surface area contributed by atoms with Gasteiger partial charge in [0, 0.05) is 12.5 Å². The van der Waals surface area contributed by atoms with Gasteiger partial charge in [0.2, 0.25) is 0 Å². The first-order valence-electron chi connectivity index (χ1n) is 6.18. The molecule has 2 rings (SSSR count). The zero-order valence-electron chi connectivity index (χ0n) is 10.8. The van der Waals surface area contributed by atoms with Crippen molar-refractivity contribution in [1.29, 1.82) is 0 Å². The van der Waals surface area contributed by atoms with Crippen LogP contribution in [0.15, 0.2) is 36.4 Å². The Balaban J connectivity index is 2.09. The van der Waals surface area contributed by atoms with E-state index < -0.39 is 5.60 Å². The standard InChI is InChI=1S/C15H19NO2/c1-15(18)10-13(16(2)11-14(15)17)9-8-12-6-4-3-5-7-12/h3-9,13,18H,10-11H2,1-2H3/b9-8+. The third-order valence-electron chi connectivity index (χ3n) is 3.48. The summed E-state index contributed by atoms with van der Waals surface area (Å²) >= 11 is 0. The van der Waals surface area contributed by atoms with Gasteiger partial charge in [0.05, 0.1) is 6.54 Å². The van der Waals surface area contributed by atoms with E-state index in [9.17, 15) is 9.90 Å².